The summed E-state index contributed by atoms with van der Waals surface area (Å²) in [6, 6.07) is 102. The maximum absolute atomic E-state index is 6.66. The van der Waals surface area contributed by atoms with Crippen LogP contribution in [0, 0.1) is 0 Å². The van der Waals surface area contributed by atoms with Crippen molar-refractivity contribution in [2.45, 2.75) is 0 Å². The zero-order chi connectivity index (χ0) is 59.2. The normalized spacial score (nSPS) is 11.8. The molecule has 4 aromatic heterocycles. The van der Waals surface area contributed by atoms with Gasteiger partial charge in [-0.1, -0.05) is 212 Å². The van der Waals surface area contributed by atoms with Crippen LogP contribution in [-0.2, 0) is 0 Å². The molecular weight excluding hydrogens is 1100 g/mol. The van der Waals surface area contributed by atoms with Crippen molar-refractivity contribution >= 4 is 87.0 Å². The number of hydrogen-bond donors (Lipinski definition) is 0. The first-order valence-corrected chi connectivity index (χ1v) is 30.1. The summed E-state index contributed by atoms with van der Waals surface area (Å²) in [7, 11) is 0. The molecule has 0 saturated heterocycles. The van der Waals surface area contributed by atoms with Gasteiger partial charge in [0.25, 0.3) is 0 Å². The Labute approximate surface area is 515 Å². The molecule has 418 valence electrons. The first-order valence-electron chi connectivity index (χ1n) is 30.1. The molecule has 0 aliphatic carbocycles. The minimum absolute atomic E-state index is 0.581. The van der Waals surface area contributed by atoms with Crippen molar-refractivity contribution in [1.82, 2.24) is 29.9 Å². The second-order valence-electron chi connectivity index (χ2n) is 23.0. The van der Waals surface area contributed by atoms with E-state index in [0.29, 0.717) is 34.9 Å². The van der Waals surface area contributed by atoms with Crippen molar-refractivity contribution < 1.29 is 8.83 Å². The number of hydrogen-bond acceptors (Lipinski definition) is 8. The lowest BCUT2D eigenvalue weighted by Gasteiger charge is -2.13. The third-order valence-corrected chi connectivity index (χ3v) is 17.6. The fourth-order valence-corrected chi connectivity index (χ4v) is 13.0. The Balaban J connectivity index is 0.666. The lowest BCUT2D eigenvalue weighted by Crippen LogP contribution is -2.00. The maximum atomic E-state index is 6.66. The van der Waals surface area contributed by atoms with Crippen LogP contribution in [0.4, 0.5) is 0 Å². The SMILES string of the molecule is c1ccc(-c2nc(-c3ccc(-c4ccc5c(c4)cc(-c4ccc6c(c4)oc4ccc(-c7nc(-c8ccccc8)nc(-c8ccccc8)n7)cc46)c4ccccc45)cc3)nc(-c3ccc4oc5cc(-c6ccc7c(ccc8ccccc87)c6)ccc5c4c3)n2)cc1. The van der Waals surface area contributed by atoms with Crippen LogP contribution in [-0.4, -0.2) is 29.9 Å². The smallest absolute Gasteiger partial charge is 0.164 e. The van der Waals surface area contributed by atoms with E-state index in [1.165, 1.54) is 37.7 Å². The number of aromatic nitrogens is 6. The van der Waals surface area contributed by atoms with Crippen molar-refractivity contribution in [2.75, 3.05) is 0 Å². The van der Waals surface area contributed by atoms with Crippen molar-refractivity contribution in [2.24, 2.45) is 0 Å². The van der Waals surface area contributed by atoms with E-state index in [1.807, 2.05) is 115 Å². The molecule has 0 N–H and O–H groups in total. The Kier molecular flexibility index (Phi) is 11.7. The van der Waals surface area contributed by atoms with Crippen LogP contribution in [0.5, 0.6) is 0 Å². The predicted molar refractivity (Wildman–Crippen MR) is 367 cm³/mol. The van der Waals surface area contributed by atoms with Crippen LogP contribution in [0.3, 0.4) is 0 Å². The molecule has 18 rings (SSSR count). The van der Waals surface area contributed by atoms with Gasteiger partial charge in [-0.15, -0.1) is 0 Å². The Morgan fingerprint density at radius 1 is 0.167 bits per heavy atom. The number of rotatable bonds is 9. The predicted octanol–water partition coefficient (Wildman–Crippen LogP) is 21.5. The van der Waals surface area contributed by atoms with E-state index < -0.39 is 0 Å². The third-order valence-electron chi connectivity index (χ3n) is 17.6. The molecule has 90 heavy (non-hydrogen) atoms. The van der Waals surface area contributed by atoms with Crippen LogP contribution >= 0.6 is 0 Å². The highest BCUT2D eigenvalue weighted by atomic mass is 16.3. The Hall–Kier alpha value is -12.3. The summed E-state index contributed by atoms with van der Waals surface area (Å²) in [4.78, 5) is 30.3. The van der Waals surface area contributed by atoms with Crippen LogP contribution in [0.15, 0.2) is 300 Å². The Morgan fingerprint density at radius 3 is 1.08 bits per heavy atom. The lowest BCUT2D eigenvalue weighted by atomic mass is 9.91. The third kappa shape index (κ3) is 8.84. The second-order valence-corrected chi connectivity index (χ2v) is 23.0. The minimum Gasteiger partial charge on any atom is -0.456 e. The quantitative estimate of drug-likeness (QED) is 0.132. The van der Waals surface area contributed by atoms with E-state index in [2.05, 4.69) is 176 Å². The van der Waals surface area contributed by atoms with Gasteiger partial charge in [0.1, 0.15) is 22.3 Å². The summed E-state index contributed by atoms with van der Waals surface area (Å²) in [5.74, 6) is 3.61. The highest BCUT2D eigenvalue weighted by molar-refractivity contribution is 6.16. The molecule has 0 saturated carbocycles. The van der Waals surface area contributed by atoms with Gasteiger partial charge in [0.05, 0.1) is 0 Å². The van der Waals surface area contributed by atoms with Crippen LogP contribution in [0.25, 0.3) is 189 Å². The molecule has 0 aliphatic heterocycles. The van der Waals surface area contributed by atoms with E-state index in [0.717, 1.165) is 116 Å². The van der Waals surface area contributed by atoms with Crippen molar-refractivity contribution in [3.8, 4) is 102 Å². The molecule has 0 unspecified atom stereocenters. The van der Waals surface area contributed by atoms with E-state index in [1.54, 1.807) is 0 Å². The summed E-state index contributed by atoms with van der Waals surface area (Å²) in [5.41, 5.74) is 15.2. The van der Waals surface area contributed by atoms with Gasteiger partial charge in [0.2, 0.25) is 0 Å². The average Bonchev–Trinajstić information content (AvgIpc) is 1.22. The fraction of sp³-hybridized carbons (Fsp3) is 0. The van der Waals surface area contributed by atoms with Gasteiger partial charge in [-0.05, 0) is 155 Å². The van der Waals surface area contributed by atoms with Gasteiger partial charge in [-0.25, -0.2) is 29.9 Å². The molecule has 0 spiro atoms. The van der Waals surface area contributed by atoms with Crippen LogP contribution in [0.1, 0.15) is 0 Å². The van der Waals surface area contributed by atoms with Gasteiger partial charge in [-0.3, -0.25) is 0 Å². The molecule has 18 aromatic rings. The maximum Gasteiger partial charge on any atom is 0.164 e. The van der Waals surface area contributed by atoms with Gasteiger partial charge in [0.15, 0.2) is 34.9 Å². The van der Waals surface area contributed by atoms with E-state index >= 15 is 0 Å². The Morgan fingerprint density at radius 2 is 0.522 bits per heavy atom. The largest absolute Gasteiger partial charge is 0.456 e. The molecule has 8 heteroatoms. The standard InChI is InChI=1S/C82H48N6O2/c1-4-15-51(16-5-1)77-83-78(52-17-6-2-7-18-52)86-81(85-77)60-35-41-74-72(45-60)69-39-33-59(48-76(69)90-74)70-46-62-43-55(30-37-65(62)66-22-12-13-23-67(66)70)49-24-27-54(28-25-49)80-84-79(53-19-8-3-9-20-53)87-82(88-80)61-34-40-73-71(44-61)68-38-32-57(47-75(68)89-73)56-31-36-64-58(42-56)29-26-50-14-10-11-21-63(50)64/h1-48H. The van der Waals surface area contributed by atoms with Gasteiger partial charge in [-0.2, -0.15) is 0 Å². The second kappa shape index (κ2) is 20.7. The van der Waals surface area contributed by atoms with Crippen molar-refractivity contribution in [1.29, 1.82) is 0 Å². The Bertz CT molecular complexity index is 5850. The molecule has 4 heterocycles. The summed E-state index contributed by atoms with van der Waals surface area (Å²) in [6.07, 6.45) is 0. The zero-order valence-corrected chi connectivity index (χ0v) is 48.2. The lowest BCUT2D eigenvalue weighted by molar-refractivity contribution is 0.668. The molecule has 0 bridgehead atoms. The average molecular weight is 1150 g/mol. The number of nitrogens with zero attached hydrogens (tertiary/aromatic N) is 6. The van der Waals surface area contributed by atoms with Crippen LogP contribution in [0.2, 0.25) is 0 Å². The first kappa shape index (κ1) is 51.0. The molecule has 14 aromatic carbocycles. The van der Waals surface area contributed by atoms with Gasteiger partial charge < -0.3 is 8.83 Å². The molecule has 0 atom stereocenters. The van der Waals surface area contributed by atoms with Crippen molar-refractivity contribution in [3.05, 3.63) is 291 Å². The monoisotopic (exact) mass is 1150 g/mol. The highest BCUT2D eigenvalue weighted by Crippen LogP contribution is 2.42. The molecular formula is C82H48N6O2. The van der Waals surface area contributed by atoms with E-state index in [-0.39, 0.29) is 0 Å². The summed E-state index contributed by atoms with van der Waals surface area (Å²) in [6.45, 7) is 0. The highest BCUT2D eigenvalue weighted by Gasteiger charge is 2.20. The van der Waals surface area contributed by atoms with E-state index in [4.69, 9.17) is 38.7 Å². The molecule has 0 amide bonds. The first-order chi connectivity index (χ1) is 44.5. The van der Waals surface area contributed by atoms with Gasteiger partial charge in [0, 0.05) is 54.9 Å². The molecule has 0 fully saturated rings. The number of benzene rings is 14. The van der Waals surface area contributed by atoms with Crippen molar-refractivity contribution in [3.63, 3.8) is 0 Å². The van der Waals surface area contributed by atoms with Gasteiger partial charge >= 0.3 is 0 Å². The molecule has 0 aliphatic rings. The summed E-state index contributed by atoms with van der Waals surface area (Å²) in [5, 5.41) is 13.7. The topological polar surface area (TPSA) is 104 Å². The number of fused-ring (bicyclic) bond motifs is 12. The minimum atomic E-state index is 0.581. The molecule has 0 radical (unpaired) electrons. The zero-order valence-electron chi connectivity index (χ0n) is 48.2. The fourth-order valence-electron chi connectivity index (χ4n) is 13.0. The number of furan rings is 2. The molecule has 8 nitrogen and oxygen atoms in total. The summed E-state index contributed by atoms with van der Waals surface area (Å²) < 4.78 is 13.2. The summed E-state index contributed by atoms with van der Waals surface area (Å²) >= 11 is 0. The van der Waals surface area contributed by atoms with Crippen LogP contribution < -0.4 is 0 Å². The van der Waals surface area contributed by atoms with E-state index in [9.17, 15) is 0 Å².